The van der Waals surface area contributed by atoms with E-state index in [-0.39, 0.29) is 11.8 Å². The van der Waals surface area contributed by atoms with Crippen LogP contribution in [0.1, 0.15) is 12.5 Å². The lowest BCUT2D eigenvalue weighted by molar-refractivity contribution is 0.252. The molecule has 2 amide bonds. The minimum absolute atomic E-state index is 0.310. The van der Waals surface area contributed by atoms with E-state index >= 15 is 0 Å². The topological polar surface area (TPSA) is 91.8 Å². The maximum Gasteiger partial charge on any atom is 0.320 e. The Morgan fingerprint density at radius 2 is 1.96 bits per heavy atom. The number of aromatic nitrogens is 3. The number of nitrogens with one attached hydrogen (secondary N) is 3. The summed E-state index contributed by atoms with van der Waals surface area (Å²) < 4.78 is 13.9. The van der Waals surface area contributed by atoms with Crippen molar-refractivity contribution < 1.29 is 9.18 Å². The number of fused-ring (bicyclic) bond motifs is 1. The van der Waals surface area contributed by atoms with E-state index in [4.69, 9.17) is 0 Å². The van der Waals surface area contributed by atoms with Crippen LogP contribution in [0.4, 0.5) is 26.5 Å². The van der Waals surface area contributed by atoms with Crippen LogP contribution in [-0.4, -0.2) is 27.5 Å². The van der Waals surface area contributed by atoms with Gasteiger partial charge in [0.2, 0.25) is 0 Å². The highest BCUT2D eigenvalue weighted by Crippen LogP contribution is 2.21. The Labute approximate surface area is 143 Å². The van der Waals surface area contributed by atoms with Gasteiger partial charge in [-0.2, -0.15) is 0 Å². The zero-order chi connectivity index (χ0) is 17.8. The van der Waals surface area contributed by atoms with Gasteiger partial charge in [-0.3, -0.25) is 5.32 Å². The molecule has 0 aliphatic rings. The molecule has 0 bridgehead atoms. The van der Waals surface area contributed by atoms with E-state index in [2.05, 4.69) is 30.9 Å². The normalized spacial score (nSPS) is 10.5. The molecule has 0 atom stereocenters. The van der Waals surface area contributed by atoms with E-state index in [1.165, 1.54) is 12.3 Å². The molecule has 2 heterocycles. The number of carbonyl (C=O) groups is 1. The fraction of sp³-hybridized carbons (Fsp3) is 0.176. The van der Waals surface area contributed by atoms with E-state index in [1.807, 2.05) is 13.8 Å². The average Bonchev–Trinajstić information content (AvgIpc) is 2.58. The second-order valence-electron chi connectivity index (χ2n) is 5.39. The van der Waals surface area contributed by atoms with Crippen molar-refractivity contribution in [2.24, 2.45) is 0 Å². The van der Waals surface area contributed by atoms with Gasteiger partial charge in [0.05, 0.1) is 11.9 Å². The van der Waals surface area contributed by atoms with Gasteiger partial charge < -0.3 is 10.6 Å². The molecule has 2 aromatic heterocycles. The van der Waals surface area contributed by atoms with E-state index in [9.17, 15) is 9.18 Å². The third kappa shape index (κ3) is 3.97. The first-order valence-electron chi connectivity index (χ1n) is 7.77. The van der Waals surface area contributed by atoms with Crippen LogP contribution in [0.25, 0.3) is 11.2 Å². The minimum Gasteiger partial charge on any atom is -0.338 e. The molecule has 3 aromatic rings. The Morgan fingerprint density at radius 1 is 1.16 bits per heavy atom. The molecule has 0 radical (unpaired) electrons. The van der Waals surface area contributed by atoms with E-state index in [1.54, 1.807) is 24.3 Å². The predicted octanol–water partition coefficient (Wildman–Crippen LogP) is 3.36. The van der Waals surface area contributed by atoms with Crippen molar-refractivity contribution in [1.29, 1.82) is 0 Å². The zero-order valence-electron chi connectivity index (χ0n) is 13.8. The number of pyridine rings is 1. The second-order valence-corrected chi connectivity index (χ2v) is 5.39. The summed E-state index contributed by atoms with van der Waals surface area (Å²) in [5, 5.41) is 8.13. The molecule has 0 saturated heterocycles. The summed E-state index contributed by atoms with van der Waals surface area (Å²) in [6.45, 7) is 4.20. The Hall–Kier alpha value is -3.29. The minimum atomic E-state index is -0.382. The Morgan fingerprint density at radius 3 is 2.76 bits per heavy atom. The van der Waals surface area contributed by atoms with Crippen LogP contribution < -0.4 is 16.0 Å². The first-order valence-corrected chi connectivity index (χ1v) is 7.77. The van der Waals surface area contributed by atoms with Crippen molar-refractivity contribution in [1.82, 2.24) is 20.3 Å². The molecule has 0 aliphatic carbocycles. The zero-order valence-corrected chi connectivity index (χ0v) is 13.8. The Bertz CT molecular complexity index is 930. The molecule has 3 N–H and O–H groups in total. The molecule has 1 aromatic carbocycles. The van der Waals surface area contributed by atoms with Crippen molar-refractivity contribution in [3.05, 3.63) is 47.9 Å². The van der Waals surface area contributed by atoms with Gasteiger partial charge in [0.1, 0.15) is 17.2 Å². The number of rotatable bonds is 4. The summed E-state index contributed by atoms with van der Waals surface area (Å²) in [6.07, 6.45) is 1.50. The summed E-state index contributed by atoms with van der Waals surface area (Å²) in [4.78, 5) is 24.4. The third-order valence-corrected chi connectivity index (χ3v) is 3.37. The van der Waals surface area contributed by atoms with Gasteiger partial charge in [-0.1, -0.05) is 6.07 Å². The fourth-order valence-corrected chi connectivity index (χ4v) is 2.22. The van der Waals surface area contributed by atoms with Crippen LogP contribution in [0, 0.1) is 12.7 Å². The van der Waals surface area contributed by atoms with Crippen LogP contribution in [0.5, 0.6) is 0 Å². The Kier molecular flexibility index (Phi) is 4.69. The number of urea groups is 1. The van der Waals surface area contributed by atoms with Gasteiger partial charge in [-0.05, 0) is 43.7 Å². The molecular formula is C17H17FN6O. The quantitative estimate of drug-likeness (QED) is 0.677. The molecule has 128 valence electrons. The number of hydrogen-bond acceptors (Lipinski definition) is 5. The van der Waals surface area contributed by atoms with Gasteiger partial charge in [0, 0.05) is 6.54 Å². The number of halogens is 1. The fourth-order valence-electron chi connectivity index (χ4n) is 2.22. The molecule has 8 heteroatoms. The van der Waals surface area contributed by atoms with E-state index in [0.717, 1.165) is 5.56 Å². The highest BCUT2D eigenvalue weighted by molar-refractivity contribution is 5.89. The van der Waals surface area contributed by atoms with Gasteiger partial charge >= 0.3 is 6.03 Å². The molecule has 25 heavy (non-hydrogen) atoms. The van der Waals surface area contributed by atoms with Gasteiger partial charge in [-0.15, -0.1) is 0 Å². The van der Waals surface area contributed by atoms with Crippen LogP contribution in [-0.2, 0) is 0 Å². The van der Waals surface area contributed by atoms with Crippen LogP contribution in [0.3, 0.4) is 0 Å². The maximum atomic E-state index is 13.9. The van der Waals surface area contributed by atoms with Crippen molar-refractivity contribution >= 4 is 34.5 Å². The van der Waals surface area contributed by atoms with E-state index < -0.39 is 0 Å². The first kappa shape index (κ1) is 16.6. The van der Waals surface area contributed by atoms with Gasteiger partial charge in [0.25, 0.3) is 0 Å². The third-order valence-electron chi connectivity index (χ3n) is 3.37. The maximum absolute atomic E-state index is 13.9. The summed E-state index contributed by atoms with van der Waals surface area (Å²) in [5.41, 5.74) is 2.14. The smallest absolute Gasteiger partial charge is 0.320 e. The number of carbonyl (C=O) groups excluding carboxylic acids is 1. The highest BCUT2D eigenvalue weighted by Gasteiger charge is 2.08. The summed E-state index contributed by atoms with van der Waals surface area (Å²) in [5.74, 6) is 0.332. The summed E-state index contributed by atoms with van der Waals surface area (Å²) >= 11 is 0. The summed E-state index contributed by atoms with van der Waals surface area (Å²) in [6, 6.07) is 7.75. The first-order chi connectivity index (χ1) is 12.0. The number of hydrogen-bond donors (Lipinski definition) is 3. The van der Waals surface area contributed by atoms with Crippen molar-refractivity contribution in [2.45, 2.75) is 13.8 Å². The number of anilines is 3. The molecular weight excluding hydrogens is 323 g/mol. The standard InChI is InChI=1S/C17H17FN6O/c1-3-19-17(25)24-14-7-6-12-16(22-14)23-15(9-20-12)21-13-8-10(2)4-5-11(13)18/h4-9H,3H2,1-2H3,(H3,19,21,22,23,24,25). The molecule has 0 aliphatic heterocycles. The summed E-state index contributed by atoms with van der Waals surface area (Å²) in [7, 11) is 0. The lowest BCUT2D eigenvalue weighted by Crippen LogP contribution is -2.28. The Balaban J connectivity index is 1.87. The molecule has 3 rings (SSSR count). The molecule has 0 unspecified atom stereocenters. The van der Waals surface area contributed by atoms with Crippen LogP contribution in [0.2, 0.25) is 0 Å². The molecule has 0 spiro atoms. The van der Waals surface area contributed by atoms with Gasteiger partial charge in [-0.25, -0.2) is 24.1 Å². The van der Waals surface area contributed by atoms with Crippen LogP contribution in [0.15, 0.2) is 36.5 Å². The molecule has 7 nitrogen and oxygen atoms in total. The number of nitrogens with zero attached hydrogens (tertiary/aromatic N) is 3. The number of amides is 2. The lowest BCUT2D eigenvalue weighted by Gasteiger charge is -2.09. The second kappa shape index (κ2) is 7.08. The molecule has 0 fully saturated rings. The van der Waals surface area contributed by atoms with E-state index in [0.29, 0.717) is 35.0 Å². The van der Waals surface area contributed by atoms with Crippen molar-refractivity contribution in [3.63, 3.8) is 0 Å². The lowest BCUT2D eigenvalue weighted by atomic mass is 10.2. The van der Waals surface area contributed by atoms with Crippen molar-refractivity contribution in [2.75, 3.05) is 17.2 Å². The van der Waals surface area contributed by atoms with Gasteiger partial charge in [0.15, 0.2) is 11.5 Å². The van der Waals surface area contributed by atoms with Crippen LogP contribution >= 0.6 is 0 Å². The van der Waals surface area contributed by atoms with Crippen molar-refractivity contribution in [3.8, 4) is 0 Å². The highest BCUT2D eigenvalue weighted by atomic mass is 19.1. The monoisotopic (exact) mass is 340 g/mol. The average molecular weight is 340 g/mol. The molecule has 0 saturated carbocycles. The predicted molar refractivity (Wildman–Crippen MR) is 94.4 cm³/mol. The number of benzene rings is 1. The largest absolute Gasteiger partial charge is 0.338 e. The number of aryl methyl sites for hydroxylation is 1. The SMILES string of the molecule is CCNC(=O)Nc1ccc2ncc(Nc3cc(C)ccc3F)nc2n1.